The second kappa shape index (κ2) is 5.67. The minimum Gasteiger partial charge on any atom is -0.289 e. The third kappa shape index (κ3) is 3.37. The Kier molecular flexibility index (Phi) is 3.88. The average molecular weight is 317 g/mol. The number of carbonyl (C=O) groups is 1. The average Bonchev–Trinajstić information content (AvgIpc) is 3.15. The van der Waals surface area contributed by atoms with E-state index in [1.807, 2.05) is 60.7 Å². The van der Waals surface area contributed by atoms with Crippen molar-refractivity contribution in [3.8, 4) is 0 Å². The molecule has 2 aromatic carbocycles. The Morgan fingerprint density at radius 2 is 1.67 bits per heavy atom. The van der Waals surface area contributed by atoms with Crippen LogP contribution in [0, 0.1) is 0 Å². The topological polar surface area (TPSA) is 17.1 Å². The second-order valence-corrected chi connectivity index (χ2v) is 6.79. The molecule has 1 fully saturated rings. The quantitative estimate of drug-likeness (QED) is 0.428. The van der Waals surface area contributed by atoms with Crippen LogP contribution in [0.15, 0.2) is 60.7 Å². The molecule has 1 aliphatic carbocycles. The smallest absolute Gasteiger partial charge is 0.185 e. The number of allylic oxidation sites excluding steroid dienone is 1. The van der Waals surface area contributed by atoms with Gasteiger partial charge in [0.15, 0.2) is 5.78 Å². The van der Waals surface area contributed by atoms with Crippen molar-refractivity contribution in [1.29, 1.82) is 0 Å². The van der Waals surface area contributed by atoms with Crippen LogP contribution in [0.5, 0.6) is 0 Å². The number of hydrogen-bond donors (Lipinski definition) is 0. The summed E-state index contributed by atoms with van der Waals surface area (Å²) in [7, 11) is 0. The van der Waals surface area contributed by atoms with Gasteiger partial charge in [0.2, 0.25) is 0 Å². The van der Waals surface area contributed by atoms with Crippen LogP contribution in [0.3, 0.4) is 0 Å². The van der Waals surface area contributed by atoms with Crippen LogP contribution in [0.4, 0.5) is 0 Å². The highest BCUT2D eigenvalue weighted by Gasteiger charge is 2.52. The third-order valence-corrected chi connectivity index (χ3v) is 4.49. The fourth-order valence-corrected chi connectivity index (χ4v) is 2.85. The van der Waals surface area contributed by atoms with E-state index in [9.17, 15) is 4.79 Å². The number of benzene rings is 2. The van der Waals surface area contributed by atoms with Crippen molar-refractivity contribution in [2.75, 3.05) is 0 Å². The predicted molar refractivity (Wildman–Crippen MR) is 88.0 cm³/mol. The highest BCUT2D eigenvalue weighted by Crippen LogP contribution is 2.59. The molecule has 0 aromatic heterocycles. The Bertz CT molecular complexity index is 672. The lowest BCUT2D eigenvalue weighted by atomic mass is 10.1. The normalized spacial score (nSPS) is 19.6. The third-order valence-electron chi connectivity index (χ3n) is 3.65. The fourth-order valence-electron chi connectivity index (χ4n) is 2.28. The number of halogens is 2. The van der Waals surface area contributed by atoms with E-state index in [4.69, 9.17) is 23.2 Å². The van der Waals surface area contributed by atoms with Crippen molar-refractivity contribution in [1.82, 2.24) is 0 Å². The lowest BCUT2D eigenvalue weighted by molar-refractivity contribution is 0.104. The summed E-state index contributed by atoms with van der Waals surface area (Å²) < 4.78 is -0.597. The Labute approximate surface area is 134 Å². The molecule has 1 unspecified atom stereocenters. The van der Waals surface area contributed by atoms with Gasteiger partial charge in [-0.1, -0.05) is 60.7 Å². The monoisotopic (exact) mass is 316 g/mol. The summed E-state index contributed by atoms with van der Waals surface area (Å²) in [6.45, 7) is 0. The van der Waals surface area contributed by atoms with E-state index in [0.29, 0.717) is 5.56 Å². The first-order chi connectivity index (χ1) is 10.1. The fraction of sp³-hybridized carbons (Fsp3) is 0.167. The Hall–Kier alpha value is -1.57. The van der Waals surface area contributed by atoms with Gasteiger partial charge in [-0.25, -0.2) is 0 Å². The van der Waals surface area contributed by atoms with Crippen LogP contribution < -0.4 is 0 Å². The van der Waals surface area contributed by atoms with Gasteiger partial charge < -0.3 is 0 Å². The molecule has 21 heavy (non-hydrogen) atoms. The molecule has 2 aromatic rings. The van der Waals surface area contributed by atoms with Crippen molar-refractivity contribution in [3.63, 3.8) is 0 Å². The van der Waals surface area contributed by atoms with Crippen LogP contribution in [-0.2, 0) is 0 Å². The molecule has 0 spiro atoms. The summed E-state index contributed by atoms with van der Waals surface area (Å²) >= 11 is 12.1. The molecule has 0 amide bonds. The van der Waals surface area contributed by atoms with E-state index in [0.717, 1.165) is 17.5 Å². The molecule has 0 bridgehead atoms. The number of carbonyl (C=O) groups excluding carboxylic acids is 1. The molecule has 1 aliphatic rings. The highest BCUT2D eigenvalue weighted by atomic mass is 35.5. The van der Waals surface area contributed by atoms with Gasteiger partial charge in [-0.05, 0) is 23.6 Å². The van der Waals surface area contributed by atoms with Crippen LogP contribution >= 0.6 is 23.2 Å². The summed E-state index contributed by atoms with van der Waals surface area (Å²) in [6, 6.07) is 17.2. The van der Waals surface area contributed by atoms with Gasteiger partial charge in [0.05, 0.1) is 0 Å². The van der Waals surface area contributed by atoms with Crippen LogP contribution in [-0.4, -0.2) is 10.1 Å². The lowest BCUT2D eigenvalue weighted by Gasteiger charge is -2.01. The number of hydrogen-bond acceptors (Lipinski definition) is 1. The van der Waals surface area contributed by atoms with E-state index in [1.54, 1.807) is 6.08 Å². The second-order valence-electron chi connectivity index (χ2n) is 5.25. The van der Waals surface area contributed by atoms with Gasteiger partial charge >= 0.3 is 0 Å². The zero-order valence-corrected chi connectivity index (χ0v) is 12.8. The van der Waals surface area contributed by atoms with E-state index in [2.05, 4.69) is 0 Å². The maximum Gasteiger partial charge on any atom is 0.185 e. The molecule has 1 atom stereocenters. The van der Waals surface area contributed by atoms with E-state index in [1.165, 1.54) is 0 Å². The summed E-state index contributed by atoms with van der Waals surface area (Å²) in [6.07, 6.45) is 4.22. The molecule has 0 N–H and O–H groups in total. The minimum atomic E-state index is -0.597. The molecule has 0 heterocycles. The first kappa shape index (κ1) is 14.4. The Morgan fingerprint density at radius 3 is 2.24 bits per heavy atom. The molecule has 3 rings (SSSR count). The van der Waals surface area contributed by atoms with E-state index in [-0.39, 0.29) is 11.7 Å². The Balaban J connectivity index is 1.68. The van der Waals surface area contributed by atoms with Gasteiger partial charge in [0.25, 0.3) is 0 Å². The Morgan fingerprint density at radius 1 is 1.05 bits per heavy atom. The minimum absolute atomic E-state index is 0.00222. The summed E-state index contributed by atoms with van der Waals surface area (Å²) in [5, 5.41) is 0. The molecule has 1 saturated carbocycles. The van der Waals surface area contributed by atoms with E-state index < -0.39 is 4.33 Å². The molecule has 3 heteroatoms. The van der Waals surface area contributed by atoms with Crippen LogP contribution in [0.25, 0.3) is 6.08 Å². The zero-order chi connectivity index (χ0) is 14.9. The molecule has 0 radical (unpaired) electrons. The summed E-state index contributed by atoms with van der Waals surface area (Å²) in [4.78, 5) is 12.0. The molecule has 0 saturated heterocycles. The largest absolute Gasteiger partial charge is 0.289 e. The number of ketones is 1. The summed E-state index contributed by atoms with van der Waals surface area (Å²) in [5.41, 5.74) is 2.82. The predicted octanol–water partition coefficient (Wildman–Crippen LogP) is 5.24. The highest BCUT2D eigenvalue weighted by molar-refractivity contribution is 6.51. The molecule has 1 nitrogen and oxygen atoms in total. The van der Waals surface area contributed by atoms with Crippen molar-refractivity contribution < 1.29 is 4.79 Å². The van der Waals surface area contributed by atoms with Gasteiger partial charge in [-0.15, -0.1) is 23.2 Å². The SMILES string of the molecule is O=C(C=Cc1ccc(C2CC2(Cl)Cl)cc1)c1ccccc1. The van der Waals surface area contributed by atoms with Crippen molar-refractivity contribution in [2.45, 2.75) is 16.7 Å². The lowest BCUT2D eigenvalue weighted by Crippen LogP contribution is -1.93. The van der Waals surface area contributed by atoms with Crippen molar-refractivity contribution in [2.24, 2.45) is 0 Å². The van der Waals surface area contributed by atoms with Crippen LogP contribution in [0.1, 0.15) is 33.8 Å². The maximum atomic E-state index is 12.0. The number of rotatable bonds is 4. The number of alkyl halides is 2. The molecular weight excluding hydrogens is 303 g/mol. The standard InChI is InChI=1S/C18H14Cl2O/c19-18(20)12-16(18)14-9-6-13(7-10-14)8-11-17(21)15-4-2-1-3-5-15/h1-11,16H,12H2. The zero-order valence-electron chi connectivity index (χ0n) is 11.3. The molecule has 106 valence electrons. The molecular formula is C18H14Cl2O. The first-order valence-electron chi connectivity index (χ1n) is 6.81. The summed E-state index contributed by atoms with van der Waals surface area (Å²) in [5.74, 6) is 0.229. The van der Waals surface area contributed by atoms with Crippen molar-refractivity contribution in [3.05, 3.63) is 77.4 Å². The van der Waals surface area contributed by atoms with Crippen molar-refractivity contribution >= 4 is 35.1 Å². The van der Waals surface area contributed by atoms with Gasteiger partial charge in [-0.3, -0.25) is 4.79 Å². The van der Waals surface area contributed by atoms with E-state index >= 15 is 0 Å². The first-order valence-corrected chi connectivity index (χ1v) is 7.57. The van der Waals surface area contributed by atoms with Gasteiger partial charge in [0, 0.05) is 11.5 Å². The van der Waals surface area contributed by atoms with Crippen LogP contribution in [0.2, 0.25) is 0 Å². The maximum absolute atomic E-state index is 12.0. The van der Waals surface area contributed by atoms with Gasteiger partial charge in [0.1, 0.15) is 4.33 Å². The molecule has 0 aliphatic heterocycles. The van der Waals surface area contributed by atoms with Gasteiger partial charge in [-0.2, -0.15) is 0 Å².